The Balaban J connectivity index is -0.000000352. The molecule has 0 unspecified atom stereocenters. The van der Waals surface area contributed by atoms with Crippen LogP contribution in [0.5, 0.6) is 0 Å². The van der Waals surface area contributed by atoms with Gasteiger partial charge in [0.25, 0.3) is 0 Å². The standard InChI is InChI=1S/C8H8.C5H6O4.C5H8O3.C5H8O2/c1-2-8-6-4-3-5-7-8;1-3(5(8)9)2-4(6)7;1-2-5(7)8-4-3-6;1-3-5(6)7-4-2/h2-7H,1H2;1-2H2,(H,6,7)(H,8,9);2,6H,1,3-4H2;3H,1,4H2,2H3. The third kappa shape index (κ3) is 26.0. The lowest BCUT2D eigenvalue weighted by Crippen LogP contribution is -2.04. The first-order valence-electron chi connectivity index (χ1n) is 9.08. The highest BCUT2D eigenvalue weighted by Crippen LogP contribution is 1.97. The molecule has 1 rings (SSSR count). The quantitative estimate of drug-likeness (QED) is 0.381. The van der Waals surface area contributed by atoms with E-state index >= 15 is 0 Å². The van der Waals surface area contributed by atoms with E-state index in [9.17, 15) is 19.2 Å². The zero-order valence-corrected chi connectivity index (χ0v) is 18.1. The maximum atomic E-state index is 10.1. The van der Waals surface area contributed by atoms with Crippen molar-refractivity contribution in [3.63, 3.8) is 0 Å². The van der Waals surface area contributed by atoms with Crippen molar-refractivity contribution in [2.75, 3.05) is 19.8 Å². The first kappa shape index (κ1) is 32.7. The molecule has 1 aromatic rings. The van der Waals surface area contributed by atoms with Crippen LogP contribution in [0.1, 0.15) is 18.9 Å². The maximum Gasteiger partial charge on any atom is 0.331 e. The van der Waals surface area contributed by atoms with Crippen LogP contribution in [0.4, 0.5) is 0 Å². The van der Waals surface area contributed by atoms with E-state index in [4.69, 9.17) is 15.3 Å². The molecule has 176 valence electrons. The van der Waals surface area contributed by atoms with Gasteiger partial charge in [-0.1, -0.05) is 62.7 Å². The highest BCUT2D eigenvalue weighted by Gasteiger charge is 2.07. The zero-order chi connectivity index (χ0) is 25.4. The molecule has 32 heavy (non-hydrogen) atoms. The monoisotopic (exact) mass is 450 g/mol. The van der Waals surface area contributed by atoms with Crippen molar-refractivity contribution in [2.45, 2.75) is 13.3 Å². The largest absolute Gasteiger partial charge is 0.481 e. The Morgan fingerprint density at radius 3 is 1.69 bits per heavy atom. The van der Waals surface area contributed by atoms with Crippen LogP contribution in [0, 0.1) is 0 Å². The molecule has 0 aliphatic heterocycles. The second-order valence-electron chi connectivity index (χ2n) is 5.15. The first-order chi connectivity index (χ1) is 15.1. The number of ether oxygens (including phenoxy) is 2. The Labute approximate surface area is 187 Å². The molecular formula is C23H30O9. The van der Waals surface area contributed by atoms with Gasteiger partial charge < -0.3 is 24.8 Å². The minimum atomic E-state index is -1.27. The molecule has 0 radical (unpaired) electrons. The summed E-state index contributed by atoms with van der Waals surface area (Å²) in [6.07, 6.45) is 3.52. The number of carboxylic acids is 2. The average molecular weight is 450 g/mol. The summed E-state index contributed by atoms with van der Waals surface area (Å²) in [6.45, 7) is 15.1. The van der Waals surface area contributed by atoms with E-state index in [1.165, 1.54) is 5.56 Å². The third-order valence-corrected chi connectivity index (χ3v) is 2.66. The third-order valence-electron chi connectivity index (χ3n) is 2.66. The molecule has 0 saturated carbocycles. The number of aliphatic carboxylic acids is 2. The number of carboxylic acid groups (broad SMARTS) is 2. The molecule has 0 aromatic heterocycles. The SMILES string of the molecule is C=C(CC(=O)O)C(=O)O.C=CC(=O)OCC.C=CC(=O)OCCO.C=Cc1ccccc1. The van der Waals surface area contributed by atoms with Gasteiger partial charge in [-0.05, 0) is 12.5 Å². The Bertz CT molecular complexity index is 737. The van der Waals surface area contributed by atoms with Crippen LogP contribution in [-0.2, 0) is 28.7 Å². The molecule has 0 spiro atoms. The highest BCUT2D eigenvalue weighted by molar-refractivity contribution is 5.91. The van der Waals surface area contributed by atoms with Gasteiger partial charge in [-0.2, -0.15) is 0 Å². The van der Waals surface area contributed by atoms with E-state index in [1.54, 1.807) is 6.92 Å². The van der Waals surface area contributed by atoms with Gasteiger partial charge in [0, 0.05) is 17.7 Å². The van der Waals surface area contributed by atoms with Crippen LogP contribution >= 0.6 is 0 Å². The molecule has 9 heteroatoms. The van der Waals surface area contributed by atoms with Crippen LogP contribution in [0.2, 0.25) is 0 Å². The summed E-state index contributed by atoms with van der Waals surface area (Å²) in [6, 6.07) is 10.0. The lowest BCUT2D eigenvalue weighted by molar-refractivity contribution is -0.139. The van der Waals surface area contributed by atoms with Crippen LogP contribution in [0.3, 0.4) is 0 Å². The normalized spacial score (nSPS) is 8.19. The van der Waals surface area contributed by atoms with Crippen molar-refractivity contribution in [1.82, 2.24) is 0 Å². The van der Waals surface area contributed by atoms with Gasteiger partial charge in [-0.15, -0.1) is 0 Å². The molecule has 9 nitrogen and oxygen atoms in total. The minimum Gasteiger partial charge on any atom is -0.481 e. The number of hydrogen-bond donors (Lipinski definition) is 3. The van der Waals surface area contributed by atoms with Gasteiger partial charge in [0.1, 0.15) is 6.61 Å². The fraction of sp³-hybridized carbons (Fsp3) is 0.217. The topological polar surface area (TPSA) is 147 Å². The maximum absolute atomic E-state index is 10.1. The number of aliphatic hydroxyl groups excluding tert-OH is 1. The predicted octanol–water partition coefficient (Wildman–Crippen LogP) is 2.87. The highest BCUT2D eigenvalue weighted by atomic mass is 16.5. The summed E-state index contributed by atoms with van der Waals surface area (Å²) in [5.41, 5.74) is 0.870. The summed E-state index contributed by atoms with van der Waals surface area (Å²) in [4.78, 5) is 39.9. The van der Waals surface area contributed by atoms with Crippen molar-refractivity contribution < 1.29 is 44.0 Å². The number of hydrogen-bond acceptors (Lipinski definition) is 7. The molecule has 0 bridgehead atoms. The van der Waals surface area contributed by atoms with Crippen molar-refractivity contribution >= 4 is 30.0 Å². The van der Waals surface area contributed by atoms with Crippen LogP contribution in [-0.4, -0.2) is 59.0 Å². The van der Waals surface area contributed by atoms with E-state index in [0.29, 0.717) is 6.61 Å². The van der Waals surface area contributed by atoms with E-state index in [0.717, 1.165) is 12.2 Å². The molecule has 0 amide bonds. The average Bonchev–Trinajstić information content (AvgIpc) is 2.78. The molecule has 0 fully saturated rings. The number of rotatable bonds is 9. The van der Waals surface area contributed by atoms with Crippen molar-refractivity contribution in [3.05, 3.63) is 79.9 Å². The van der Waals surface area contributed by atoms with Crippen LogP contribution in [0.15, 0.2) is 74.4 Å². The lowest BCUT2D eigenvalue weighted by atomic mass is 10.2. The van der Waals surface area contributed by atoms with Gasteiger partial charge in [-0.3, -0.25) is 4.79 Å². The van der Waals surface area contributed by atoms with Gasteiger partial charge in [0.15, 0.2) is 0 Å². The fourth-order valence-corrected chi connectivity index (χ4v) is 1.25. The molecule has 0 aliphatic carbocycles. The van der Waals surface area contributed by atoms with E-state index in [1.807, 2.05) is 36.4 Å². The predicted molar refractivity (Wildman–Crippen MR) is 121 cm³/mol. The molecular weight excluding hydrogens is 420 g/mol. The Hall–Kier alpha value is -3.98. The van der Waals surface area contributed by atoms with Gasteiger partial charge in [0.2, 0.25) is 0 Å². The fourth-order valence-electron chi connectivity index (χ4n) is 1.25. The van der Waals surface area contributed by atoms with Crippen LogP contribution < -0.4 is 0 Å². The van der Waals surface area contributed by atoms with E-state index in [2.05, 4.69) is 35.8 Å². The number of aliphatic hydroxyl groups is 1. The Morgan fingerprint density at radius 2 is 1.44 bits per heavy atom. The van der Waals surface area contributed by atoms with Crippen molar-refractivity contribution in [3.8, 4) is 0 Å². The second kappa shape index (κ2) is 23.3. The van der Waals surface area contributed by atoms with Gasteiger partial charge in [-0.25, -0.2) is 14.4 Å². The molecule has 0 aliphatic rings. The summed E-state index contributed by atoms with van der Waals surface area (Å²) in [5.74, 6) is -3.30. The number of esters is 2. The van der Waals surface area contributed by atoms with Gasteiger partial charge in [0.05, 0.1) is 19.6 Å². The number of carbonyl (C=O) groups excluding carboxylic acids is 2. The molecule has 1 aromatic carbocycles. The summed E-state index contributed by atoms with van der Waals surface area (Å²) in [7, 11) is 0. The summed E-state index contributed by atoms with van der Waals surface area (Å²) >= 11 is 0. The zero-order valence-electron chi connectivity index (χ0n) is 18.1. The first-order valence-corrected chi connectivity index (χ1v) is 9.08. The number of benzene rings is 1. The molecule has 3 N–H and O–H groups in total. The summed E-state index contributed by atoms with van der Waals surface area (Å²) in [5, 5.41) is 24.2. The molecule has 0 atom stereocenters. The van der Waals surface area contributed by atoms with Gasteiger partial charge >= 0.3 is 23.9 Å². The van der Waals surface area contributed by atoms with Crippen molar-refractivity contribution in [2.24, 2.45) is 0 Å². The van der Waals surface area contributed by atoms with Crippen LogP contribution in [0.25, 0.3) is 6.08 Å². The smallest absolute Gasteiger partial charge is 0.331 e. The van der Waals surface area contributed by atoms with Crippen molar-refractivity contribution in [1.29, 1.82) is 0 Å². The summed E-state index contributed by atoms with van der Waals surface area (Å²) < 4.78 is 8.77. The van der Waals surface area contributed by atoms with E-state index in [-0.39, 0.29) is 24.8 Å². The Kier molecular flexibility index (Phi) is 23.8. The molecule has 0 saturated heterocycles. The lowest BCUT2D eigenvalue weighted by Gasteiger charge is -1.94. The van der Waals surface area contributed by atoms with E-state index < -0.39 is 24.3 Å². The second-order valence-corrected chi connectivity index (χ2v) is 5.15. The minimum absolute atomic E-state index is 0.0465. The number of carbonyl (C=O) groups is 4. The Morgan fingerprint density at radius 1 is 0.938 bits per heavy atom. The molecule has 0 heterocycles.